The van der Waals surface area contributed by atoms with Crippen molar-refractivity contribution in [1.82, 2.24) is 4.90 Å². The lowest BCUT2D eigenvalue weighted by molar-refractivity contribution is -0.271. The normalized spacial score (nSPS) is 19.9. The van der Waals surface area contributed by atoms with Crippen molar-refractivity contribution in [2.24, 2.45) is 5.41 Å². The number of nitrogens with zero attached hydrogens (tertiary/aromatic N) is 1. The number of nitrogens with one attached hydrogen (secondary N) is 1. The Bertz CT molecular complexity index is 904. The summed E-state index contributed by atoms with van der Waals surface area (Å²) in [4.78, 5) is 13.0. The van der Waals surface area contributed by atoms with Crippen LogP contribution in [0.15, 0.2) is 48.5 Å². The lowest BCUT2D eigenvalue weighted by Crippen LogP contribution is -2.57. The summed E-state index contributed by atoms with van der Waals surface area (Å²) in [6.07, 6.45) is -3.66. The number of carboxylic acid groups (broad SMARTS) is 1. The molecule has 0 aromatic heterocycles. The summed E-state index contributed by atoms with van der Waals surface area (Å²) in [5, 5.41) is 15.1. The summed E-state index contributed by atoms with van der Waals surface area (Å²) in [5.74, 6) is 0. The van der Waals surface area contributed by atoms with E-state index in [1.807, 2.05) is 45.0 Å². The van der Waals surface area contributed by atoms with Crippen molar-refractivity contribution in [3.05, 3.63) is 65.2 Å². The first-order valence-corrected chi connectivity index (χ1v) is 10.4. The molecule has 1 fully saturated rings. The van der Waals surface area contributed by atoms with E-state index in [1.54, 1.807) is 0 Å². The van der Waals surface area contributed by atoms with Crippen molar-refractivity contribution in [2.45, 2.75) is 58.3 Å². The van der Waals surface area contributed by atoms with E-state index in [2.05, 4.69) is 5.32 Å². The van der Waals surface area contributed by atoms with Crippen LogP contribution in [-0.2, 0) is 12.6 Å². The summed E-state index contributed by atoms with van der Waals surface area (Å²) >= 11 is 0. The topological polar surface area (TPSA) is 55.4 Å². The number of amides is 1. The largest absolute Gasteiger partial charge is 0.530 e. The second-order valence-electron chi connectivity index (χ2n) is 9.24. The van der Waals surface area contributed by atoms with Gasteiger partial charge in [-0.15, -0.1) is 0 Å². The third-order valence-electron chi connectivity index (χ3n) is 5.89. The number of alkyl halides is 3. The minimum atomic E-state index is -4.35. The molecule has 0 saturated carbocycles. The van der Waals surface area contributed by atoms with Gasteiger partial charge in [0, 0.05) is 24.3 Å². The number of piperidine rings is 1. The molecule has 2 aromatic carbocycles. The smallest absolute Gasteiger partial charge is 0.416 e. The van der Waals surface area contributed by atoms with Gasteiger partial charge in [-0.25, -0.2) is 0 Å². The van der Waals surface area contributed by atoms with Crippen LogP contribution >= 0.6 is 0 Å². The number of hydrogen-bond donors (Lipinski definition) is 1. The van der Waals surface area contributed by atoms with Crippen LogP contribution in [0.25, 0.3) is 0 Å². The van der Waals surface area contributed by atoms with Crippen LogP contribution < -0.4 is 10.4 Å². The number of hydrogen-bond acceptors (Lipinski definition) is 3. The highest BCUT2D eigenvalue weighted by Gasteiger charge is 2.36. The molecular weight excluding hydrogens is 405 g/mol. The molecule has 4 nitrogen and oxygen atoms in total. The minimum absolute atomic E-state index is 0.0913. The average Bonchev–Trinajstić information content (AvgIpc) is 2.68. The van der Waals surface area contributed by atoms with E-state index < -0.39 is 17.8 Å². The zero-order valence-corrected chi connectivity index (χ0v) is 18.0. The van der Waals surface area contributed by atoms with E-state index in [-0.39, 0.29) is 17.5 Å². The van der Waals surface area contributed by atoms with Gasteiger partial charge in [0.1, 0.15) is 6.09 Å². The molecule has 1 aliphatic heterocycles. The monoisotopic (exact) mass is 433 g/mol. The van der Waals surface area contributed by atoms with Gasteiger partial charge in [0.05, 0.1) is 5.56 Å². The Balaban J connectivity index is 1.74. The number of para-hydroxylation sites is 1. The van der Waals surface area contributed by atoms with Crippen LogP contribution in [0.1, 0.15) is 50.3 Å². The number of carbonyl (C=O) groups excluding carboxylic acids is 1. The molecule has 0 radical (unpaired) electrons. The van der Waals surface area contributed by atoms with Crippen molar-refractivity contribution in [2.75, 3.05) is 11.9 Å². The molecule has 1 amide bonds. The van der Waals surface area contributed by atoms with Crippen LogP contribution in [0, 0.1) is 5.41 Å². The lowest BCUT2D eigenvalue weighted by atomic mass is 9.79. The Labute approximate surface area is 181 Å². The van der Waals surface area contributed by atoms with E-state index in [9.17, 15) is 23.1 Å². The van der Waals surface area contributed by atoms with E-state index in [0.29, 0.717) is 25.8 Å². The number of halogens is 3. The van der Waals surface area contributed by atoms with Crippen molar-refractivity contribution >= 4 is 11.8 Å². The summed E-state index contributed by atoms with van der Waals surface area (Å²) in [6.45, 7) is 6.47. The Kier molecular flexibility index (Phi) is 6.53. The quantitative estimate of drug-likeness (QED) is 0.744. The van der Waals surface area contributed by atoms with Gasteiger partial charge in [-0.2, -0.15) is 13.2 Å². The van der Waals surface area contributed by atoms with Crippen molar-refractivity contribution in [3.63, 3.8) is 0 Å². The summed E-state index contributed by atoms with van der Waals surface area (Å²) in [7, 11) is 0. The zero-order chi connectivity index (χ0) is 22.8. The van der Waals surface area contributed by atoms with Crippen LogP contribution in [0.5, 0.6) is 0 Å². The molecule has 1 N–H and O–H groups in total. The van der Waals surface area contributed by atoms with Gasteiger partial charge in [-0.1, -0.05) is 51.1 Å². The van der Waals surface area contributed by atoms with Gasteiger partial charge in [-0.05, 0) is 54.0 Å². The molecule has 2 atom stereocenters. The third-order valence-corrected chi connectivity index (χ3v) is 5.89. The van der Waals surface area contributed by atoms with E-state index in [0.717, 1.165) is 28.9 Å². The Hall–Kier alpha value is -2.70. The summed E-state index contributed by atoms with van der Waals surface area (Å²) in [6, 6.07) is 12.9. The highest BCUT2D eigenvalue weighted by molar-refractivity contribution is 5.63. The van der Waals surface area contributed by atoms with Crippen LogP contribution in [0.2, 0.25) is 0 Å². The minimum Gasteiger partial charge on any atom is -0.530 e. The third kappa shape index (κ3) is 5.71. The average molecular weight is 433 g/mol. The Morgan fingerprint density at radius 3 is 2.32 bits per heavy atom. The first kappa shape index (κ1) is 23.0. The van der Waals surface area contributed by atoms with Crippen molar-refractivity contribution in [3.8, 4) is 0 Å². The molecule has 1 aliphatic rings. The molecule has 2 unspecified atom stereocenters. The highest BCUT2D eigenvalue weighted by Crippen LogP contribution is 2.34. The van der Waals surface area contributed by atoms with Gasteiger partial charge in [0.2, 0.25) is 0 Å². The second-order valence-corrected chi connectivity index (χ2v) is 9.24. The van der Waals surface area contributed by atoms with Gasteiger partial charge in [0.25, 0.3) is 0 Å². The Morgan fingerprint density at radius 1 is 1.10 bits per heavy atom. The molecule has 168 valence electrons. The molecule has 3 rings (SSSR count). The van der Waals surface area contributed by atoms with Gasteiger partial charge in [0.15, 0.2) is 0 Å². The molecule has 7 heteroatoms. The first-order chi connectivity index (χ1) is 14.4. The molecule has 0 bridgehead atoms. The maximum atomic E-state index is 12.8. The van der Waals surface area contributed by atoms with Crippen molar-refractivity contribution in [1.29, 1.82) is 0 Å². The fraction of sp³-hybridized carbons (Fsp3) is 0.458. The molecule has 0 spiro atoms. The first-order valence-electron chi connectivity index (χ1n) is 10.4. The molecular formula is C24H28F3N2O2-. The number of benzene rings is 2. The summed E-state index contributed by atoms with van der Waals surface area (Å²) in [5.41, 5.74) is 1.82. The predicted octanol–water partition coefficient (Wildman–Crippen LogP) is 4.93. The SMILES string of the molecule is CC(C)(C)C1CC(Nc2ccccc2Cc2ccc(C(F)(F)F)cc2)CCN1C(=O)[O-]. The van der Waals surface area contributed by atoms with E-state index in [1.165, 1.54) is 17.0 Å². The zero-order valence-electron chi connectivity index (χ0n) is 18.0. The molecule has 2 aromatic rings. The Morgan fingerprint density at radius 2 is 1.74 bits per heavy atom. The fourth-order valence-electron chi connectivity index (χ4n) is 4.20. The van der Waals surface area contributed by atoms with Crippen LogP contribution in [0.3, 0.4) is 0 Å². The maximum Gasteiger partial charge on any atom is 0.416 e. The highest BCUT2D eigenvalue weighted by atomic mass is 19.4. The van der Waals surface area contributed by atoms with Gasteiger partial charge >= 0.3 is 6.18 Å². The van der Waals surface area contributed by atoms with E-state index in [4.69, 9.17) is 0 Å². The molecule has 31 heavy (non-hydrogen) atoms. The molecule has 1 saturated heterocycles. The maximum absolute atomic E-state index is 12.8. The predicted molar refractivity (Wildman–Crippen MR) is 113 cm³/mol. The second kappa shape index (κ2) is 8.81. The fourth-order valence-corrected chi connectivity index (χ4v) is 4.20. The van der Waals surface area contributed by atoms with E-state index >= 15 is 0 Å². The van der Waals surface area contributed by atoms with Crippen LogP contribution in [-0.4, -0.2) is 29.6 Å². The number of likely N-dealkylation sites (tertiary alicyclic amines) is 1. The standard InChI is InChI=1S/C24H29F3N2O2/c1-23(2,3)21-15-19(12-13-29(21)22(30)31)28-20-7-5-4-6-17(20)14-16-8-10-18(11-9-16)24(25,26)27/h4-11,19,21,28H,12-15H2,1-3H3,(H,30,31)/p-1. The number of anilines is 1. The molecule has 0 aliphatic carbocycles. The summed E-state index contributed by atoms with van der Waals surface area (Å²) < 4.78 is 38.4. The number of rotatable bonds is 4. The lowest BCUT2D eigenvalue weighted by Gasteiger charge is -2.47. The molecule has 1 heterocycles. The van der Waals surface area contributed by atoms with Gasteiger partial charge in [-0.3, -0.25) is 0 Å². The van der Waals surface area contributed by atoms with Crippen LogP contribution in [0.4, 0.5) is 23.7 Å². The van der Waals surface area contributed by atoms with Gasteiger partial charge < -0.3 is 20.1 Å². The van der Waals surface area contributed by atoms with Crippen molar-refractivity contribution < 1.29 is 23.1 Å². The number of carbonyl (C=O) groups is 1.